The van der Waals surface area contributed by atoms with Gasteiger partial charge in [-0.25, -0.2) is 0 Å². The van der Waals surface area contributed by atoms with E-state index >= 15 is 0 Å². The molecule has 0 aromatic heterocycles. The highest BCUT2D eigenvalue weighted by molar-refractivity contribution is 5.71. The maximum Gasteiger partial charge on any atom is 0.306 e. The van der Waals surface area contributed by atoms with Gasteiger partial charge in [-0.2, -0.15) is 0 Å². The van der Waals surface area contributed by atoms with Crippen molar-refractivity contribution in [1.29, 1.82) is 0 Å². The van der Waals surface area contributed by atoms with Crippen molar-refractivity contribution >= 4 is 17.9 Å². The fourth-order valence-electron chi connectivity index (χ4n) is 8.82. The number of carbonyl (C=O) groups excluding carboxylic acids is 3. The molecule has 81 heavy (non-hydrogen) atoms. The lowest BCUT2D eigenvalue weighted by Gasteiger charge is -2.18. The van der Waals surface area contributed by atoms with Crippen molar-refractivity contribution in [2.45, 2.75) is 297 Å². The highest BCUT2D eigenvalue weighted by Gasteiger charge is 2.19. The summed E-state index contributed by atoms with van der Waals surface area (Å²) < 4.78 is 16.9. The predicted octanol–water partition coefficient (Wildman–Crippen LogP) is 23.1. The van der Waals surface area contributed by atoms with Crippen molar-refractivity contribution in [1.82, 2.24) is 0 Å². The highest BCUT2D eigenvalue weighted by Crippen LogP contribution is 2.15. The predicted molar refractivity (Wildman–Crippen MR) is 352 cm³/mol. The van der Waals surface area contributed by atoms with Gasteiger partial charge in [0.1, 0.15) is 13.2 Å². The van der Waals surface area contributed by atoms with Crippen LogP contribution in [0.15, 0.2) is 146 Å². The molecule has 0 aromatic rings. The van der Waals surface area contributed by atoms with E-state index in [0.717, 1.165) is 154 Å². The second kappa shape index (κ2) is 67.8. The van der Waals surface area contributed by atoms with Crippen molar-refractivity contribution in [3.8, 4) is 0 Å². The Bertz CT molecular complexity index is 1760. The zero-order chi connectivity index (χ0) is 58.5. The Morgan fingerprint density at radius 3 is 0.815 bits per heavy atom. The minimum Gasteiger partial charge on any atom is -0.462 e. The van der Waals surface area contributed by atoms with Crippen LogP contribution in [0.1, 0.15) is 290 Å². The molecule has 0 rings (SSSR count). The standard InChI is InChI=1S/C75H122O6/c1-4-7-10-13-16-19-22-24-26-28-30-31-32-33-34-35-36-37-38-39-40-41-42-43-44-45-46-48-49-51-53-56-59-62-65-68-74(77)80-71-72(70-79-73(76)67-64-61-58-55-21-18-15-12-9-6-3)81-75(78)69-66-63-60-57-54-52-50-47-29-27-25-23-20-17-14-11-8-5-2/h7,10,12,15-16,19,24,26-27,29-31,33-34,36-37,39-40,42-43,45-46,49,51,72H,4-6,8-9,11,13-14,17-18,20-23,25,28,32,35,38,41,44,47-48,50,52-71H2,1-3H3/b10-7-,15-12-,19-16-,26-24-,29-27-,31-30-,34-33-,37-36-,40-39-,43-42-,46-45-,51-49-. The van der Waals surface area contributed by atoms with Crippen molar-refractivity contribution in [2.24, 2.45) is 0 Å². The summed E-state index contributed by atoms with van der Waals surface area (Å²) in [4.78, 5) is 38.2. The Morgan fingerprint density at radius 2 is 0.506 bits per heavy atom. The average molecular weight is 1120 g/mol. The first kappa shape index (κ1) is 76.3. The molecule has 458 valence electrons. The second-order valence-corrected chi connectivity index (χ2v) is 21.6. The lowest BCUT2D eigenvalue weighted by molar-refractivity contribution is -0.167. The van der Waals surface area contributed by atoms with E-state index in [0.29, 0.717) is 19.3 Å². The monoisotopic (exact) mass is 1120 g/mol. The molecule has 0 heterocycles. The first-order chi connectivity index (χ1) is 40.0. The van der Waals surface area contributed by atoms with E-state index in [9.17, 15) is 14.4 Å². The average Bonchev–Trinajstić information content (AvgIpc) is 3.47. The summed E-state index contributed by atoms with van der Waals surface area (Å²) in [5.41, 5.74) is 0. The molecule has 0 amide bonds. The summed E-state index contributed by atoms with van der Waals surface area (Å²) >= 11 is 0. The molecule has 0 aliphatic rings. The zero-order valence-electron chi connectivity index (χ0n) is 52.5. The minimum atomic E-state index is -0.799. The number of unbranched alkanes of at least 4 members (excludes halogenated alkanes) is 24. The van der Waals surface area contributed by atoms with E-state index < -0.39 is 6.10 Å². The van der Waals surface area contributed by atoms with Gasteiger partial charge in [0, 0.05) is 19.3 Å². The quantitative estimate of drug-likeness (QED) is 0.0261. The van der Waals surface area contributed by atoms with Gasteiger partial charge in [0.2, 0.25) is 0 Å². The minimum absolute atomic E-state index is 0.0955. The lowest BCUT2D eigenvalue weighted by Crippen LogP contribution is -2.30. The van der Waals surface area contributed by atoms with Gasteiger partial charge in [0.25, 0.3) is 0 Å². The Morgan fingerprint density at radius 1 is 0.259 bits per heavy atom. The number of carbonyl (C=O) groups is 3. The van der Waals surface area contributed by atoms with Crippen LogP contribution in [0.4, 0.5) is 0 Å². The number of hydrogen-bond acceptors (Lipinski definition) is 6. The Kier molecular flexibility index (Phi) is 63.9. The molecular weight excluding hydrogens is 997 g/mol. The molecule has 6 nitrogen and oxygen atoms in total. The molecule has 0 bridgehead atoms. The molecule has 0 saturated heterocycles. The van der Waals surface area contributed by atoms with Crippen LogP contribution in [0, 0.1) is 0 Å². The molecule has 0 aliphatic heterocycles. The SMILES string of the molecule is CC/C=C\C/C=C\C/C=C\C/C=C\C/C=C\C/C=C\C/C=C\C/C=C\C/C=C\C/C=C\CCCCCCC(=O)OCC(COC(=O)CCCCCCC/C=C\CCC)OC(=O)CCCCCCCCC/C=C\CCCCCCCCC. The van der Waals surface area contributed by atoms with E-state index in [-0.39, 0.29) is 31.1 Å². The van der Waals surface area contributed by atoms with Crippen LogP contribution < -0.4 is 0 Å². The van der Waals surface area contributed by atoms with Crippen molar-refractivity contribution in [2.75, 3.05) is 13.2 Å². The van der Waals surface area contributed by atoms with Gasteiger partial charge in [-0.05, 0) is 141 Å². The maximum absolute atomic E-state index is 12.9. The van der Waals surface area contributed by atoms with E-state index in [1.54, 1.807) is 0 Å². The van der Waals surface area contributed by atoms with Crippen LogP contribution in [0.3, 0.4) is 0 Å². The van der Waals surface area contributed by atoms with Gasteiger partial charge in [-0.3, -0.25) is 14.4 Å². The molecule has 1 unspecified atom stereocenters. The molecule has 0 aliphatic carbocycles. The molecule has 0 fully saturated rings. The summed E-state index contributed by atoms with van der Waals surface area (Å²) in [6.07, 6.45) is 97.3. The first-order valence-corrected chi connectivity index (χ1v) is 33.3. The fraction of sp³-hybridized carbons (Fsp3) is 0.640. The summed E-state index contributed by atoms with van der Waals surface area (Å²) in [7, 11) is 0. The highest BCUT2D eigenvalue weighted by atomic mass is 16.6. The lowest BCUT2D eigenvalue weighted by atomic mass is 10.1. The van der Waals surface area contributed by atoms with Crippen LogP contribution >= 0.6 is 0 Å². The summed E-state index contributed by atoms with van der Waals surface area (Å²) in [6.45, 7) is 6.43. The molecular formula is C75H122O6. The van der Waals surface area contributed by atoms with E-state index in [2.05, 4.69) is 167 Å². The largest absolute Gasteiger partial charge is 0.462 e. The smallest absolute Gasteiger partial charge is 0.306 e. The molecule has 1 atom stereocenters. The van der Waals surface area contributed by atoms with Crippen LogP contribution in [0.5, 0.6) is 0 Å². The summed E-state index contributed by atoms with van der Waals surface area (Å²) in [5, 5.41) is 0. The number of esters is 3. The number of ether oxygens (including phenoxy) is 3. The van der Waals surface area contributed by atoms with Crippen LogP contribution in [-0.2, 0) is 28.6 Å². The molecule has 0 spiro atoms. The van der Waals surface area contributed by atoms with E-state index in [4.69, 9.17) is 14.2 Å². The van der Waals surface area contributed by atoms with E-state index in [1.165, 1.54) is 96.3 Å². The Labute approximate surface area is 499 Å². The molecule has 6 heteroatoms. The fourth-order valence-corrected chi connectivity index (χ4v) is 8.82. The number of hydrogen-bond donors (Lipinski definition) is 0. The van der Waals surface area contributed by atoms with Crippen molar-refractivity contribution < 1.29 is 28.6 Å². The third-order valence-electron chi connectivity index (χ3n) is 13.8. The summed E-state index contributed by atoms with van der Waals surface area (Å²) in [6, 6.07) is 0. The number of allylic oxidation sites excluding steroid dienone is 24. The number of rotatable bonds is 59. The van der Waals surface area contributed by atoms with Gasteiger partial charge < -0.3 is 14.2 Å². The van der Waals surface area contributed by atoms with Crippen molar-refractivity contribution in [3.63, 3.8) is 0 Å². The topological polar surface area (TPSA) is 78.9 Å². The van der Waals surface area contributed by atoms with Crippen LogP contribution in [0.25, 0.3) is 0 Å². The third-order valence-corrected chi connectivity index (χ3v) is 13.8. The van der Waals surface area contributed by atoms with Crippen LogP contribution in [0.2, 0.25) is 0 Å². The van der Waals surface area contributed by atoms with Crippen molar-refractivity contribution in [3.05, 3.63) is 146 Å². The molecule has 0 aromatic carbocycles. The van der Waals surface area contributed by atoms with E-state index in [1.807, 2.05) is 0 Å². The van der Waals surface area contributed by atoms with Crippen LogP contribution in [-0.4, -0.2) is 37.2 Å². The normalized spacial score (nSPS) is 13.1. The van der Waals surface area contributed by atoms with Gasteiger partial charge in [-0.1, -0.05) is 276 Å². The molecule has 0 saturated carbocycles. The van der Waals surface area contributed by atoms with Gasteiger partial charge in [0.15, 0.2) is 6.10 Å². The third kappa shape index (κ3) is 66.0. The maximum atomic E-state index is 12.9. The first-order valence-electron chi connectivity index (χ1n) is 33.3. The molecule has 0 radical (unpaired) electrons. The van der Waals surface area contributed by atoms with Gasteiger partial charge >= 0.3 is 17.9 Å². The summed E-state index contributed by atoms with van der Waals surface area (Å²) in [5.74, 6) is -0.935. The van der Waals surface area contributed by atoms with Gasteiger partial charge in [0.05, 0.1) is 0 Å². The second-order valence-electron chi connectivity index (χ2n) is 21.6. The Balaban J connectivity index is 4.29. The zero-order valence-corrected chi connectivity index (χ0v) is 52.5. The van der Waals surface area contributed by atoms with Gasteiger partial charge in [-0.15, -0.1) is 0 Å². The Hall–Kier alpha value is -4.71. The molecule has 0 N–H and O–H groups in total.